The number of hydrogen-bond donors (Lipinski definition) is 2. The SMILES string of the molecule is O=C(NCCc1ccccc1Br)Nc1cccc(Br)c1. The maximum atomic E-state index is 11.7. The Balaban J connectivity index is 1.80. The summed E-state index contributed by atoms with van der Waals surface area (Å²) in [5.41, 5.74) is 1.94. The summed E-state index contributed by atoms with van der Waals surface area (Å²) in [6, 6.07) is 15.3. The number of halogens is 2. The molecule has 0 aliphatic carbocycles. The van der Waals surface area contributed by atoms with Crippen molar-refractivity contribution < 1.29 is 4.79 Å². The molecule has 3 nitrogen and oxygen atoms in total. The molecule has 0 atom stereocenters. The summed E-state index contributed by atoms with van der Waals surface area (Å²) in [6.07, 6.45) is 0.785. The molecule has 0 radical (unpaired) electrons. The topological polar surface area (TPSA) is 41.1 Å². The van der Waals surface area contributed by atoms with Gasteiger partial charge in [-0.25, -0.2) is 4.79 Å². The number of nitrogens with one attached hydrogen (secondary N) is 2. The zero-order valence-corrected chi connectivity index (χ0v) is 13.9. The number of amides is 2. The van der Waals surface area contributed by atoms with Gasteiger partial charge in [-0.15, -0.1) is 0 Å². The highest BCUT2D eigenvalue weighted by atomic mass is 79.9. The quantitative estimate of drug-likeness (QED) is 0.779. The molecule has 0 fully saturated rings. The fourth-order valence-electron chi connectivity index (χ4n) is 1.75. The molecule has 0 spiro atoms. The highest BCUT2D eigenvalue weighted by Gasteiger charge is 2.03. The van der Waals surface area contributed by atoms with Crippen LogP contribution >= 0.6 is 31.9 Å². The van der Waals surface area contributed by atoms with Gasteiger partial charge in [0.15, 0.2) is 0 Å². The van der Waals surface area contributed by atoms with Gasteiger partial charge in [-0.1, -0.05) is 56.1 Å². The monoisotopic (exact) mass is 396 g/mol. The van der Waals surface area contributed by atoms with Crippen LogP contribution in [0.3, 0.4) is 0 Å². The predicted octanol–water partition coefficient (Wildman–Crippen LogP) is 4.58. The Hall–Kier alpha value is -1.33. The highest BCUT2D eigenvalue weighted by molar-refractivity contribution is 9.10. The Labute approximate surface area is 135 Å². The molecule has 2 rings (SSSR count). The second-order valence-corrected chi connectivity index (χ2v) is 6.00. The lowest BCUT2D eigenvalue weighted by atomic mass is 10.1. The van der Waals surface area contributed by atoms with Gasteiger partial charge in [-0.3, -0.25) is 0 Å². The molecule has 0 aliphatic rings. The minimum absolute atomic E-state index is 0.199. The number of rotatable bonds is 4. The second kappa shape index (κ2) is 7.45. The van der Waals surface area contributed by atoms with E-state index in [0.29, 0.717) is 6.54 Å². The molecule has 2 aromatic carbocycles. The van der Waals surface area contributed by atoms with Gasteiger partial charge in [0.25, 0.3) is 0 Å². The molecule has 2 N–H and O–H groups in total. The summed E-state index contributed by atoms with van der Waals surface area (Å²) in [5, 5.41) is 5.63. The number of anilines is 1. The van der Waals surface area contributed by atoms with Crippen molar-refractivity contribution in [1.82, 2.24) is 5.32 Å². The molecule has 20 heavy (non-hydrogen) atoms. The lowest BCUT2D eigenvalue weighted by molar-refractivity contribution is 0.252. The van der Waals surface area contributed by atoms with Gasteiger partial charge in [-0.05, 0) is 36.2 Å². The van der Waals surface area contributed by atoms with Crippen molar-refractivity contribution >= 4 is 43.6 Å². The number of carbonyl (C=O) groups is 1. The van der Waals surface area contributed by atoms with E-state index < -0.39 is 0 Å². The Morgan fingerprint density at radius 3 is 2.60 bits per heavy atom. The van der Waals surface area contributed by atoms with E-state index in [1.807, 2.05) is 48.5 Å². The average Bonchev–Trinajstić information content (AvgIpc) is 2.41. The van der Waals surface area contributed by atoms with Gasteiger partial charge < -0.3 is 10.6 Å². The molecule has 0 aromatic heterocycles. The summed E-state index contributed by atoms with van der Waals surface area (Å²) in [5.74, 6) is 0. The van der Waals surface area contributed by atoms with Crippen molar-refractivity contribution in [2.24, 2.45) is 0 Å². The first-order chi connectivity index (χ1) is 9.65. The van der Waals surface area contributed by atoms with Crippen molar-refractivity contribution in [2.45, 2.75) is 6.42 Å². The van der Waals surface area contributed by atoms with E-state index in [4.69, 9.17) is 0 Å². The lowest BCUT2D eigenvalue weighted by Crippen LogP contribution is -2.30. The molecule has 0 saturated heterocycles. The molecule has 104 valence electrons. The fourth-order valence-corrected chi connectivity index (χ4v) is 2.64. The molecule has 2 amide bonds. The first kappa shape index (κ1) is 15.1. The van der Waals surface area contributed by atoms with E-state index >= 15 is 0 Å². The van der Waals surface area contributed by atoms with Crippen molar-refractivity contribution in [1.29, 1.82) is 0 Å². The van der Waals surface area contributed by atoms with Crippen LogP contribution in [0.15, 0.2) is 57.5 Å². The third-order valence-electron chi connectivity index (χ3n) is 2.72. The first-order valence-electron chi connectivity index (χ1n) is 6.19. The van der Waals surface area contributed by atoms with E-state index in [1.165, 1.54) is 5.56 Å². The van der Waals surface area contributed by atoms with Crippen LogP contribution in [-0.2, 0) is 6.42 Å². The van der Waals surface area contributed by atoms with E-state index in [-0.39, 0.29) is 6.03 Å². The van der Waals surface area contributed by atoms with Crippen LogP contribution in [0.4, 0.5) is 10.5 Å². The number of benzene rings is 2. The van der Waals surface area contributed by atoms with Gasteiger partial charge in [0.1, 0.15) is 0 Å². The summed E-state index contributed by atoms with van der Waals surface area (Å²) in [4.78, 5) is 11.7. The van der Waals surface area contributed by atoms with Gasteiger partial charge in [0.05, 0.1) is 0 Å². The fraction of sp³-hybridized carbons (Fsp3) is 0.133. The van der Waals surface area contributed by atoms with E-state index in [2.05, 4.69) is 42.5 Å². The summed E-state index contributed by atoms with van der Waals surface area (Å²) in [6.45, 7) is 0.586. The van der Waals surface area contributed by atoms with Gasteiger partial charge in [0.2, 0.25) is 0 Å². The Morgan fingerprint density at radius 2 is 1.85 bits per heavy atom. The van der Waals surface area contributed by atoms with Crippen LogP contribution in [0.1, 0.15) is 5.56 Å². The van der Waals surface area contributed by atoms with Crippen LogP contribution in [0, 0.1) is 0 Å². The minimum Gasteiger partial charge on any atom is -0.338 e. The van der Waals surface area contributed by atoms with Crippen LogP contribution in [0.5, 0.6) is 0 Å². The Bertz CT molecular complexity index is 602. The smallest absolute Gasteiger partial charge is 0.319 e. The van der Waals surface area contributed by atoms with E-state index in [1.54, 1.807) is 0 Å². The second-order valence-electron chi connectivity index (χ2n) is 4.23. The summed E-state index contributed by atoms with van der Waals surface area (Å²) in [7, 11) is 0. The third-order valence-corrected chi connectivity index (χ3v) is 3.99. The molecule has 0 unspecified atom stereocenters. The molecule has 0 aliphatic heterocycles. The van der Waals surface area contributed by atoms with E-state index in [9.17, 15) is 4.79 Å². The number of urea groups is 1. The molecule has 0 heterocycles. The van der Waals surface area contributed by atoms with Gasteiger partial charge >= 0.3 is 6.03 Å². The van der Waals surface area contributed by atoms with Crippen LogP contribution in [-0.4, -0.2) is 12.6 Å². The van der Waals surface area contributed by atoms with Crippen LogP contribution < -0.4 is 10.6 Å². The molecular formula is C15H14Br2N2O. The molecule has 2 aromatic rings. The van der Waals surface area contributed by atoms with Crippen molar-refractivity contribution in [2.75, 3.05) is 11.9 Å². The highest BCUT2D eigenvalue weighted by Crippen LogP contribution is 2.16. The molecule has 5 heteroatoms. The zero-order valence-electron chi connectivity index (χ0n) is 10.7. The maximum absolute atomic E-state index is 11.7. The van der Waals surface area contributed by atoms with Crippen molar-refractivity contribution in [3.05, 3.63) is 63.0 Å². The number of hydrogen-bond acceptors (Lipinski definition) is 1. The van der Waals surface area contributed by atoms with Crippen molar-refractivity contribution in [3.8, 4) is 0 Å². The zero-order chi connectivity index (χ0) is 14.4. The largest absolute Gasteiger partial charge is 0.338 e. The number of carbonyl (C=O) groups excluding carboxylic acids is 1. The normalized spacial score (nSPS) is 10.1. The predicted molar refractivity (Wildman–Crippen MR) is 89.0 cm³/mol. The first-order valence-corrected chi connectivity index (χ1v) is 7.77. The van der Waals surface area contributed by atoms with Crippen molar-refractivity contribution in [3.63, 3.8) is 0 Å². The Morgan fingerprint density at radius 1 is 1.05 bits per heavy atom. The molecular weight excluding hydrogens is 384 g/mol. The van der Waals surface area contributed by atoms with Gasteiger partial charge in [-0.2, -0.15) is 0 Å². The summed E-state index contributed by atoms with van der Waals surface area (Å²) < 4.78 is 2.00. The summed E-state index contributed by atoms with van der Waals surface area (Å²) >= 11 is 6.86. The van der Waals surface area contributed by atoms with Crippen LogP contribution in [0.25, 0.3) is 0 Å². The molecule has 0 saturated carbocycles. The van der Waals surface area contributed by atoms with Crippen LogP contribution in [0.2, 0.25) is 0 Å². The minimum atomic E-state index is -0.199. The molecule has 0 bridgehead atoms. The lowest BCUT2D eigenvalue weighted by Gasteiger charge is -2.08. The van der Waals surface area contributed by atoms with Gasteiger partial charge in [0, 0.05) is 21.2 Å². The van der Waals surface area contributed by atoms with E-state index in [0.717, 1.165) is 21.1 Å². The average molecular weight is 398 g/mol. The Kier molecular flexibility index (Phi) is 5.61. The maximum Gasteiger partial charge on any atom is 0.319 e. The third kappa shape index (κ3) is 4.65. The standard InChI is InChI=1S/C15H14Br2N2O/c16-12-5-3-6-13(10-12)19-15(20)18-9-8-11-4-1-2-7-14(11)17/h1-7,10H,8-9H2,(H2,18,19,20).